The maximum atomic E-state index is 12.6. The molecule has 0 bridgehead atoms. The highest BCUT2D eigenvalue weighted by Crippen LogP contribution is 2.22. The van der Waals surface area contributed by atoms with Crippen LogP contribution in [0.15, 0.2) is 30.5 Å². The van der Waals surface area contributed by atoms with Crippen molar-refractivity contribution in [2.75, 3.05) is 0 Å². The predicted octanol–water partition coefficient (Wildman–Crippen LogP) is 2.43. The van der Waals surface area contributed by atoms with Gasteiger partial charge in [0.15, 0.2) is 10.9 Å². The molecule has 0 atom stereocenters. The summed E-state index contributed by atoms with van der Waals surface area (Å²) in [7, 11) is 0. The Kier molecular flexibility index (Phi) is 2.60. The van der Waals surface area contributed by atoms with Crippen molar-refractivity contribution in [3.05, 3.63) is 47.0 Å². The Morgan fingerprint density at radius 2 is 2.00 bits per heavy atom. The fourth-order valence-corrected chi connectivity index (χ4v) is 1.39. The molecule has 15 heavy (non-hydrogen) atoms. The second kappa shape index (κ2) is 3.90. The SMILES string of the molecule is Oc1cnn(Cc2ccc(F)cc2)c1Cl. The van der Waals surface area contributed by atoms with Crippen molar-refractivity contribution in [3.8, 4) is 5.75 Å². The zero-order chi connectivity index (χ0) is 10.8. The van der Waals surface area contributed by atoms with Crippen LogP contribution >= 0.6 is 11.6 Å². The molecule has 1 aromatic carbocycles. The maximum Gasteiger partial charge on any atom is 0.173 e. The predicted molar refractivity (Wildman–Crippen MR) is 54.4 cm³/mol. The van der Waals surface area contributed by atoms with Gasteiger partial charge < -0.3 is 5.11 Å². The molecule has 2 rings (SSSR count). The zero-order valence-corrected chi connectivity index (χ0v) is 8.45. The van der Waals surface area contributed by atoms with Crippen LogP contribution in [-0.2, 0) is 6.54 Å². The number of aromatic nitrogens is 2. The van der Waals surface area contributed by atoms with Gasteiger partial charge in [0, 0.05) is 0 Å². The molecule has 0 saturated heterocycles. The first-order chi connectivity index (χ1) is 7.16. The first kappa shape index (κ1) is 9.98. The van der Waals surface area contributed by atoms with Crippen molar-refractivity contribution in [2.24, 2.45) is 0 Å². The summed E-state index contributed by atoms with van der Waals surface area (Å²) in [6.45, 7) is 0.402. The van der Waals surface area contributed by atoms with E-state index in [-0.39, 0.29) is 16.7 Å². The van der Waals surface area contributed by atoms with Crippen LogP contribution in [0.2, 0.25) is 5.15 Å². The van der Waals surface area contributed by atoms with Crippen LogP contribution in [0.3, 0.4) is 0 Å². The fourth-order valence-electron chi connectivity index (χ4n) is 1.23. The average Bonchev–Trinajstić information content (AvgIpc) is 2.53. The summed E-state index contributed by atoms with van der Waals surface area (Å²) in [5.41, 5.74) is 0.862. The number of halogens is 2. The largest absolute Gasteiger partial charge is 0.504 e. The smallest absolute Gasteiger partial charge is 0.173 e. The second-order valence-corrected chi connectivity index (χ2v) is 3.46. The maximum absolute atomic E-state index is 12.6. The van der Waals surface area contributed by atoms with Crippen molar-refractivity contribution < 1.29 is 9.50 Å². The normalized spacial score (nSPS) is 10.5. The molecule has 78 valence electrons. The lowest BCUT2D eigenvalue weighted by atomic mass is 10.2. The molecule has 0 fully saturated rings. The standard InChI is InChI=1S/C10H8ClFN2O/c11-10-9(15)5-13-14(10)6-7-1-3-8(12)4-2-7/h1-5,15H,6H2. The highest BCUT2D eigenvalue weighted by Gasteiger charge is 2.06. The Balaban J connectivity index is 2.22. The molecular formula is C10H8ClFN2O. The van der Waals surface area contributed by atoms with Crippen LogP contribution in [0, 0.1) is 5.82 Å². The van der Waals surface area contributed by atoms with Crippen molar-refractivity contribution in [1.82, 2.24) is 9.78 Å². The van der Waals surface area contributed by atoms with Crippen molar-refractivity contribution in [3.63, 3.8) is 0 Å². The molecule has 0 amide bonds. The summed E-state index contributed by atoms with van der Waals surface area (Å²) in [6, 6.07) is 6.02. The Morgan fingerprint density at radius 3 is 2.53 bits per heavy atom. The van der Waals surface area contributed by atoms with Crippen LogP contribution in [0.25, 0.3) is 0 Å². The second-order valence-electron chi connectivity index (χ2n) is 3.10. The quantitative estimate of drug-likeness (QED) is 0.854. The van der Waals surface area contributed by atoms with Gasteiger partial charge in [0.2, 0.25) is 0 Å². The summed E-state index contributed by atoms with van der Waals surface area (Å²) in [5.74, 6) is -0.341. The lowest BCUT2D eigenvalue weighted by Gasteiger charge is -2.02. The number of benzene rings is 1. The first-order valence-corrected chi connectivity index (χ1v) is 4.69. The zero-order valence-electron chi connectivity index (χ0n) is 7.69. The fraction of sp³-hybridized carbons (Fsp3) is 0.100. The Morgan fingerprint density at radius 1 is 1.33 bits per heavy atom. The van der Waals surface area contributed by atoms with E-state index in [9.17, 15) is 9.50 Å². The van der Waals surface area contributed by atoms with Crippen molar-refractivity contribution in [1.29, 1.82) is 0 Å². The highest BCUT2D eigenvalue weighted by atomic mass is 35.5. The van der Waals surface area contributed by atoms with Crippen molar-refractivity contribution in [2.45, 2.75) is 6.54 Å². The summed E-state index contributed by atoms with van der Waals surface area (Å²) in [4.78, 5) is 0. The third-order valence-electron chi connectivity index (χ3n) is 2.00. The molecule has 0 saturated carbocycles. The van der Waals surface area contributed by atoms with Gasteiger partial charge in [-0.15, -0.1) is 0 Å². The first-order valence-electron chi connectivity index (χ1n) is 4.31. The van der Waals surface area contributed by atoms with E-state index in [0.29, 0.717) is 6.54 Å². The van der Waals surface area contributed by atoms with Crippen LogP contribution in [0.5, 0.6) is 5.75 Å². The molecule has 0 spiro atoms. The summed E-state index contributed by atoms with van der Waals surface area (Å²) < 4.78 is 14.1. The minimum absolute atomic E-state index is 0.0567. The molecule has 2 aromatic rings. The lowest BCUT2D eigenvalue weighted by Crippen LogP contribution is -2.01. The molecule has 0 unspecified atom stereocenters. The van der Waals surface area contributed by atoms with E-state index in [1.807, 2.05) is 0 Å². The number of hydrogen-bond donors (Lipinski definition) is 1. The van der Waals surface area contributed by atoms with E-state index in [4.69, 9.17) is 11.6 Å². The number of hydrogen-bond acceptors (Lipinski definition) is 2. The van der Waals surface area contributed by atoms with Gasteiger partial charge in [-0.2, -0.15) is 5.10 Å². The van der Waals surface area contributed by atoms with E-state index in [1.54, 1.807) is 12.1 Å². The third-order valence-corrected chi connectivity index (χ3v) is 2.39. The summed E-state index contributed by atoms with van der Waals surface area (Å²) in [6.07, 6.45) is 1.27. The molecule has 1 N–H and O–H groups in total. The van der Waals surface area contributed by atoms with Crippen LogP contribution in [0.1, 0.15) is 5.56 Å². The Bertz CT molecular complexity index is 467. The molecule has 0 aliphatic rings. The molecule has 0 aliphatic carbocycles. The van der Waals surface area contributed by atoms with E-state index < -0.39 is 0 Å². The third kappa shape index (κ3) is 2.10. The average molecular weight is 227 g/mol. The Labute approximate surface area is 90.7 Å². The van der Waals surface area contributed by atoms with E-state index in [1.165, 1.54) is 23.0 Å². The van der Waals surface area contributed by atoms with Gasteiger partial charge in [-0.05, 0) is 17.7 Å². The summed E-state index contributed by atoms with van der Waals surface area (Å²) in [5, 5.41) is 13.2. The molecule has 3 nitrogen and oxygen atoms in total. The van der Waals surface area contributed by atoms with E-state index in [0.717, 1.165) is 5.56 Å². The minimum Gasteiger partial charge on any atom is -0.504 e. The van der Waals surface area contributed by atoms with Gasteiger partial charge in [-0.3, -0.25) is 0 Å². The molecular weight excluding hydrogens is 219 g/mol. The van der Waals surface area contributed by atoms with Crippen LogP contribution < -0.4 is 0 Å². The van der Waals surface area contributed by atoms with Gasteiger partial charge in [0.05, 0.1) is 12.7 Å². The van der Waals surface area contributed by atoms with Gasteiger partial charge >= 0.3 is 0 Å². The molecule has 0 radical (unpaired) electrons. The van der Waals surface area contributed by atoms with Gasteiger partial charge in [-0.25, -0.2) is 9.07 Å². The Hall–Kier alpha value is -1.55. The van der Waals surface area contributed by atoms with E-state index >= 15 is 0 Å². The van der Waals surface area contributed by atoms with Gasteiger partial charge in [0.1, 0.15) is 5.82 Å². The van der Waals surface area contributed by atoms with Gasteiger partial charge in [0.25, 0.3) is 0 Å². The number of rotatable bonds is 2. The van der Waals surface area contributed by atoms with Crippen LogP contribution in [0.4, 0.5) is 4.39 Å². The van der Waals surface area contributed by atoms with Gasteiger partial charge in [-0.1, -0.05) is 23.7 Å². The lowest BCUT2D eigenvalue weighted by molar-refractivity contribution is 0.474. The van der Waals surface area contributed by atoms with Crippen LogP contribution in [-0.4, -0.2) is 14.9 Å². The minimum atomic E-state index is -0.284. The monoisotopic (exact) mass is 226 g/mol. The summed E-state index contributed by atoms with van der Waals surface area (Å²) >= 11 is 5.77. The van der Waals surface area contributed by atoms with Crippen molar-refractivity contribution >= 4 is 11.6 Å². The van der Waals surface area contributed by atoms with E-state index in [2.05, 4.69) is 5.10 Å². The topological polar surface area (TPSA) is 38.1 Å². The number of nitrogens with zero attached hydrogens (tertiary/aromatic N) is 2. The number of aromatic hydroxyl groups is 1. The molecule has 5 heteroatoms. The highest BCUT2D eigenvalue weighted by molar-refractivity contribution is 6.30. The molecule has 0 aliphatic heterocycles. The molecule has 1 aromatic heterocycles. The molecule has 1 heterocycles.